The van der Waals surface area contributed by atoms with E-state index in [9.17, 15) is 0 Å². The minimum absolute atomic E-state index is 0.826. The van der Waals surface area contributed by atoms with Crippen LogP contribution in [0.1, 0.15) is 43.5 Å². The molecule has 0 bridgehead atoms. The number of unbranched alkanes of at least 4 members (excludes halogenated alkanes) is 1. The van der Waals surface area contributed by atoms with Crippen molar-refractivity contribution in [3.8, 4) is 0 Å². The Bertz CT molecular complexity index is 444. The highest BCUT2D eigenvalue weighted by atomic mass is 32.1. The summed E-state index contributed by atoms with van der Waals surface area (Å²) in [6, 6.07) is 0. The lowest BCUT2D eigenvalue weighted by atomic mass is 10.3. The lowest BCUT2D eigenvalue weighted by molar-refractivity contribution is 0.337. The number of nitrogens with zero attached hydrogens (tertiary/aromatic N) is 3. The van der Waals surface area contributed by atoms with Crippen LogP contribution in [0.4, 0.5) is 0 Å². The lowest BCUT2D eigenvalue weighted by Gasteiger charge is -2.15. The van der Waals surface area contributed by atoms with Gasteiger partial charge in [-0.1, -0.05) is 20.3 Å². The molecule has 0 spiro atoms. The second-order valence-corrected chi connectivity index (χ2v) is 6.87. The number of aryl methyl sites for hydroxylation is 1. The molecule has 0 radical (unpaired) electrons. The van der Waals surface area contributed by atoms with Gasteiger partial charge in [0.1, 0.15) is 0 Å². The quantitative estimate of drug-likeness (QED) is 0.480. The Morgan fingerprint density at radius 3 is 2.74 bits per heavy atom. The molecule has 0 unspecified atom stereocenters. The van der Waals surface area contributed by atoms with Crippen LogP contribution in [0.25, 0.3) is 0 Å². The molecular weight excluding hydrogens is 306 g/mol. The number of nitrogens with one attached hydrogen (secondary N) is 2. The summed E-state index contributed by atoms with van der Waals surface area (Å²) >= 11 is 1.81. The number of hydrogen-bond donors (Lipinski definition) is 2. The summed E-state index contributed by atoms with van der Waals surface area (Å²) in [5, 5.41) is 7.90. The van der Waals surface area contributed by atoms with Gasteiger partial charge >= 0.3 is 0 Å². The van der Waals surface area contributed by atoms with Gasteiger partial charge in [0.15, 0.2) is 5.96 Å². The third-order valence-corrected chi connectivity index (χ3v) is 4.77. The van der Waals surface area contributed by atoms with Gasteiger partial charge in [-0.2, -0.15) is 0 Å². The smallest absolute Gasteiger partial charge is 0.191 e. The van der Waals surface area contributed by atoms with E-state index in [1.54, 1.807) is 0 Å². The summed E-state index contributed by atoms with van der Waals surface area (Å²) in [7, 11) is 2.17. The van der Waals surface area contributed by atoms with Crippen LogP contribution in [-0.2, 0) is 12.8 Å². The molecule has 0 saturated carbocycles. The highest BCUT2D eigenvalue weighted by molar-refractivity contribution is 7.11. The van der Waals surface area contributed by atoms with Gasteiger partial charge in [0.2, 0.25) is 0 Å². The number of hydrogen-bond acceptors (Lipinski definition) is 4. The Balaban J connectivity index is 2.31. The molecule has 23 heavy (non-hydrogen) atoms. The lowest BCUT2D eigenvalue weighted by Crippen LogP contribution is -2.39. The van der Waals surface area contributed by atoms with Crippen LogP contribution in [0.5, 0.6) is 0 Å². The number of aliphatic imine (C=N–C) groups is 1. The standard InChI is InChI=1S/C17H33N5S/c1-5-8-12-22(4)13-11-20-17(18-7-3)19-10-9-16-21-14-15(6-2)23-16/h14H,5-13H2,1-4H3,(H2,18,19,20). The van der Waals surface area contributed by atoms with Crippen molar-refractivity contribution in [2.45, 2.75) is 46.5 Å². The van der Waals surface area contributed by atoms with E-state index in [-0.39, 0.29) is 0 Å². The van der Waals surface area contributed by atoms with Crippen molar-refractivity contribution in [1.29, 1.82) is 0 Å². The molecule has 132 valence electrons. The van der Waals surface area contributed by atoms with Gasteiger partial charge in [-0.25, -0.2) is 4.98 Å². The van der Waals surface area contributed by atoms with Crippen molar-refractivity contribution < 1.29 is 0 Å². The minimum atomic E-state index is 0.826. The fourth-order valence-corrected chi connectivity index (χ4v) is 2.99. The van der Waals surface area contributed by atoms with Crippen molar-refractivity contribution in [3.63, 3.8) is 0 Å². The van der Waals surface area contributed by atoms with Crippen LogP contribution >= 0.6 is 11.3 Å². The first-order valence-electron chi connectivity index (χ1n) is 8.83. The summed E-state index contributed by atoms with van der Waals surface area (Å²) < 4.78 is 0. The molecule has 1 rings (SSSR count). The average Bonchev–Trinajstić information content (AvgIpc) is 3.01. The molecule has 5 nitrogen and oxygen atoms in total. The highest BCUT2D eigenvalue weighted by Gasteiger charge is 2.02. The normalized spacial score (nSPS) is 12.0. The topological polar surface area (TPSA) is 52.5 Å². The van der Waals surface area contributed by atoms with E-state index in [4.69, 9.17) is 0 Å². The first-order chi connectivity index (χ1) is 11.2. The van der Waals surface area contributed by atoms with E-state index in [1.807, 2.05) is 17.5 Å². The number of rotatable bonds is 11. The number of thiazole rings is 1. The molecule has 0 atom stereocenters. The Hall–Kier alpha value is -1.14. The summed E-state index contributed by atoms with van der Waals surface area (Å²) in [6.07, 6.45) is 6.51. The fraction of sp³-hybridized carbons (Fsp3) is 0.765. The second-order valence-electron chi connectivity index (χ2n) is 5.67. The monoisotopic (exact) mass is 339 g/mol. The van der Waals surface area contributed by atoms with Crippen molar-refractivity contribution in [2.24, 2.45) is 4.99 Å². The molecular formula is C17H33N5S. The third kappa shape index (κ3) is 8.91. The summed E-state index contributed by atoms with van der Waals surface area (Å²) in [5.41, 5.74) is 0. The van der Waals surface area contributed by atoms with E-state index in [1.165, 1.54) is 22.7 Å². The first kappa shape index (κ1) is 19.9. The van der Waals surface area contributed by atoms with Crippen molar-refractivity contribution >= 4 is 17.3 Å². The molecule has 0 saturated heterocycles. The summed E-state index contributed by atoms with van der Waals surface area (Å²) in [5.74, 6) is 0.906. The number of guanidine groups is 1. The predicted octanol–water partition coefficient (Wildman–Crippen LogP) is 2.54. The predicted molar refractivity (Wildman–Crippen MR) is 102 cm³/mol. The zero-order valence-corrected chi connectivity index (χ0v) is 16.0. The Labute approximate surface area is 145 Å². The molecule has 0 aromatic carbocycles. The van der Waals surface area contributed by atoms with Crippen molar-refractivity contribution in [1.82, 2.24) is 20.5 Å². The third-order valence-electron chi connectivity index (χ3n) is 3.57. The largest absolute Gasteiger partial charge is 0.357 e. The van der Waals surface area contributed by atoms with E-state index >= 15 is 0 Å². The van der Waals surface area contributed by atoms with E-state index in [2.05, 4.69) is 53.3 Å². The average molecular weight is 340 g/mol. The van der Waals surface area contributed by atoms with Gasteiger partial charge < -0.3 is 15.5 Å². The van der Waals surface area contributed by atoms with Crippen LogP contribution in [0, 0.1) is 0 Å². The van der Waals surface area contributed by atoms with E-state index < -0.39 is 0 Å². The molecule has 0 aliphatic carbocycles. The maximum atomic E-state index is 4.65. The molecule has 1 aromatic rings. The van der Waals surface area contributed by atoms with Crippen molar-refractivity contribution in [2.75, 3.05) is 39.8 Å². The van der Waals surface area contributed by atoms with Crippen LogP contribution in [0.15, 0.2) is 11.2 Å². The van der Waals surface area contributed by atoms with Crippen LogP contribution in [-0.4, -0.2) is 55.6 Å². The Morgan fingerprint density at radius 1 is 1.26 bits per heavy atom. The molecule has 0 aliphatic heterocycles. The highest BCUT2D eigenvalue weighted by Crippen LogP contribution is 2.13. The molecule has 2 N–H and O–H groups in total. The Kier molecular flexibility index (Phi) is 10.6. The molecule has 6 heteroatoms. The van der Waals surface area contributed by atoms with E-state index in [0.717, 1.165) is 51.5 Å². The van der Waals surface area contributed by atoms with Crippen molar-refractivity contribution in [3.05, 3.63) is 16.1 Å². The van der Waals surface area contributed by atoms with Crippen LogP contribution in [0.3, 0.4) is 0 Å². The summed E-state index contributed by atoms with van der Waals surface area (Å²) in [6.45, 7) is 11.2. The van der Waals surface area contributed by atoms with Gasteiger partial charge in [0.05, 0.1) is 11.6 Å². The van der Waals surface area contributed by atoms with Gasteiger partial charge in [-0.3, -0.25) is 4.99 Å². The molecule has 0 amide bonds. The SMILES string of the molecule is CCCCN(C)CCN=C(NCC)NCCc1ncc(CC)s1. The maximum Gasteiger partial charge on any atom is 0.191 e. The van der Waals surface area contributed by atoms with E-state index in [0.29, 0.717) is 0 Å². The zero-order chi connectivity index (χ0) is 16.9. The van der Waals surface area contributed by atoms with Gasteiger partial charge in [-0.05, 0) is 33.4 Å². The van der Waals surface area contributed by atoms with Crippen LogP contribution in [0.2, 0.25) is 0 Å². The zero-order valence-electron chi connectivity index (χ0n) is 15.2. The maximum absolute atomic E-state index is 4.65. The molecule has 1 aromatic heterocycles. The van der Waals surface area contributed by atoms with Crippen LogP contribution < -0.4 is 10.6 Å². The summed E-state index contributed by atoms with van der Waals surface area (Å²) in [4.78, 5) is 12.8. The van der Waals surface area contributed by atoms with Gasteiger partial charge in [-0.15, -0.1) is 11.3 Å². The fourth-order valence-electron chi connectivity index (χ4n) is 2.13. The first-order valence-corrected chi connectivity index (χ1v) is 9.65. The molecule has 0 fully saturated rings. The number of likely N-dealkylation sites (N-methyl/N-ethyl adjacent to an activating group) is 1. The van der Waals surface area contributed by atoms with Gasteiger partial charge in [0, 0.05) is 37.1 Å². The molecule has 1 heterocycles. The Morgan fingerprint density at radius 2 is 2.09 bits per heavy atom. The second kappa shape index (κ2) is 12.3. The molecule has 0 aliphatic rings. The minimum Gasteiger partial charge on any atom is -0.357 e. The van der Waals surface area contributed by atoms with Gasteiger partial charge in [0.25, 0.3) is 0 Å². The number of aromatic nitrogens is 1.